The number of aromatic amines is 1. The van der Waals surface area contributed by atoms with Crippen LogP contribution in [0, 0.1) is 0 Å². The third-order valence-corrected chi connectivity index (χ3v) is 4.79. The van der Waals surface area contributed by atoms with Gasteiger partial charge in [0.15, 0.2) is 0 Å². The number of hydrogen-bond donors (Lipinski definition) is 2. The Morgan fingerprint density at radius 2 is 1.92 bits per heavy atom. The van der Waals surface area contributed by atoms with E-state index in [2.05, 4.69) is 23.9 Å². The summed E-state index contributed by atoms with van der Waals surface area (Å²) in [5, 5.41) is 11.7. The van der Waals surface area contributed by atoms with Gasteiger partial charge in [0.1, 0.15) is 5.75 Å². The Labute approximate surface area is 151 Å². The molecule has 3 aromatic rings. The molecule has 0 amide bonds. The second kappa shape index (κ2) is 7.30. The fraction of sp³-hybridized carbons (Fsp3) is 0.250. The van der Waals surface area contributed by atoms with E-state index in [1.54, 1.807) is 12.1 Å². The maximum atomic E-state index is 11.5. The van der Waals surface area contributed by atoms with Crippen molar-refractivity contribution in [1.29, 1.82) is 0 Å². The number of benzene rings is 2. The van der Waals surface area contributed by atoms with Crippen molar-refractivity contribution in [3.63, 3.8) is 0 Å². The minimum Gasteiger partial charge on any atom is -0.506 e. The van der Waals surface area contributed by atoms with Crippen LogP contribution in [0.2, 0.25) is 5.02 Å². The molecular weight excluding hydrogens is 336 g/mol. The Kier molecular flexibility index (Phi) is 5.11. The fourth-order valence-electron chi connectivity index (χ4n) is 3.24. The zero-order valence-electron chi connectivity index (χ0n) is 14.3. The molecule has 0 aliphatic rings. The quantitative estimate of drug-likeness (QED) is 0.723. The first-order chi connectivity index (χ1) is 12.0. The highest BCUT2D eigenvalue weighted by atomic mass is 35.5. The van der Waals surface area contributed by atoms with Gasteiger partial charge < -0.3 is 15.0 Å². The van der Waals surface area contributed by atoms with Crippen LogP contribution in [0.15, 0.2) is 53.3 Å². The summed E-state index contributed by atoms with van der Waals surface area (Å²) in [6.45, 7) is 3.72. The van der Waals surface area contributed by atoms with Crippen LogP contribution < -0.4 is 5.56 Å². The average molecular weight is 357 g/mol. The molecule has 0 saturated carbocycles. The molecule has 3 rings (SSSR count). The molecule has 25 heavy (non-hydrogen) atoms. The lowest BCUT2D eigenvalue weighted by Crippen LogP contribution is -2.23. The molecule has 0 saturated heterocycles. The lowest BCUT2D eigenvalue weighted by molar-refractivity contribution is 0.310. The highest BCUT2D eigenvalue weighted by Gasteiger charge is 2.15. The van der Waals surface area contributed by atoms with E-state index < -0.39 is 0 Å². The molecule has 4 nitrogen and oxygen atoms in total. The van der Waals surface area contributed by atoms with Gasteiger partial charge in [-0.3, -0.25) is 4.79 Å². The van der Waals surface area contributed by atoms with Crippen molar-refractivity contribution in [2.45, 2.75) is 19.4 Å². The summed E-state index contributed by atoms with van der Waals surface area (Å²) < 4.78 is 0. The smallest absolute Gasteiger partial charge is 0.248 e. The Bertz CT molecular complexity index is 952. The number of fused-ring (bicyclic) bond motifs is 1. The van der Waals surface area contributed by atoms with Crippen molar-refractivity contribution < 1.29 is 5.11 Å². The van der Waals surface area contributed by atoms with Gasteiger partial charge in [0, 0.05) is 29.6 Å². The number of phenols is 1. The number of nitrogens with zero attached hydrogens (tertiary/aromatic N) is 1. The van der Waals surface area contributed by atoms with Gasteiger partial charge >= 0.3 is 0 Å². The van der Waals surface area contributed by atoms with E-state index in [4.69, 9.17) is 11.6 Å². The van der Waals surface area contributed by atoms with Crippen LogP contribution in [0.1, 0.15) is 24.0 Å². The van der Waals surface area contributed by atoms with Gasteiger partial charge in [-0.05, 0) is 42.3 Å². The summed E-state index contributed by atoms with van der Waals surface area (Å²) in [6.07, 6.45) is 0. The van der Waals surface area contributed by atoms with Gasteiger partial charge in [-0.2, -0.15) is 0 Å². The van der Waals surface area contributed by atoms with Crippen molar-refractivity contribution in [2.24, 2.45) is 0 Å². The molecule has 0 unspecified atom stereocenters. The monoisotopic (exact) mass is 356 g/mol. The summed E-state index contributed by atoms with van der Waals surface area (Å²) >= 11 is 6.24. The highest BCUT2D eigenvalue weighted by molar-refractivity contribution is 6.31. The molecule has 5 heteroatoms. The molecule has 1 aromatic heterocycles. The number of phenolic OH excluding ortho intramolecular Hbond substituents is 1. The number of aromatic hydroxyl groups is 1. The zero-order valence-corrected chi connectivity index (χ0v) is 15.0. The molecule has 0 spiro atoms. The first kappa shape index (κ1) is 17.5. The molecule has 0 aliphatic carbocycles. The van der Waals surface area contributed by atoms with Crippen LogP contribution in [0.25, 0.3) is 10.9 Å². The topological polar surface area (TPSA) is 56.3 Å². The van der Waals surface area contributed by atoms with E-state index >= 15 is 0 Å². The molecule has 0 radical (unpaired) electrons. The molecule has 0 fully saturated rings. The summed E-state index contributed by atoms with van der Waals surface area (Å²) in [5.41, 5.74) is 2.46. The van der Waals surface area contributed by atoms with E-state index in [9.17, 15) is 9.90 Å². The van der Waals surface area contributed by atoms with E-state index in [-0.39, 0.29) is 17.2 Å². The van der Waals surface area contributed by atoms with Crippen LogP contribution in [0.4, 0.5) is 0 Å². The summed E-state index contributed by atoms with van der Waals surface area (Å²) in [4.78, 5) is 16.5. The molecule has 2 aromatic carbocycles. The molecule has 0 bridgehead atoms. The van der Waals surface area contributed by atoms with Gasteiger partial charge in [0.05, 0.1) is 5.52 Å². The SMILES string of the molecule is C[C@@H](CN(C)Cc1ccccc1Cl)c1ccc(O)c2[nH]c(=O)ccc12. The normalized spacial score (nSPS) is 12.6. The minimum absolute atomic E-state index is 0.0908. The van der Waals surface area contributed by atoms with Crippen molar-refractivity contribution in [1.82, 2.24) is 9.88 Å². The van der Waals surface area contributed by atoms with Crippen LogP contribution in [-0.4, -0.2) is 28.6 Å². The van der Waals surface area contributed by atoms with Crippen molar-refractivity contribution in [3.05, 3.63) is 75.0 Å². The first-order valence-corrected chi connectivity index (χ1v) is 8.60. The van der Waals surface area contributed by atoms with Crippen LogP contribution in [0.5, 0.6) is 5.75 Å². The van der Waals surface area contributed by atoms with Crippen molar-refractivity contribution in [2.75, 3.05) is 13.6 Å². The van der Waals surface area contributed by atoms with E-state index in [0.717, 1.165) is 34.6 Å². The number of aromatic nitrogens is 1. The largest absolute Gasteiger partial charge is 0.506 e. The van der Waals surface area contributed by atoms with Gasteiger partial charge in [0.25, 0.3) is 0 Å². The van der Waals surface area contributed by atoms with E-state index in [1.807, 2.05) is 30.3 Å². The van der Waals surface area contributed by atoms with Crippen LogP contribution in [0.3, 0.4) is 0 Å². The number of likely N-dealkylation sites (N-methyl/N-ethyl adjacent to an activating group) is 1. The van der Waals surface area contributed by atoms with Gasteiger partial charge in [0.2, 0.25) is 5.56 Å². The molecule has 2 N–H and O–H groups in total. The summed E-state index contributed by atoms with van der Waals surface area (Å²) in [6, 6.07) is 14.7. The molecule has 1 atom stereocenters. The zero-order chi connectivity index (χ0) is 18.0. The second-order valence-electron chi connectivity index (χ2n) is 6.47. The Balaban J connectivity index is 1.83. The number of H-pyrrole nitrogens is 1. The van der Waals surface area contributed by atoms with Crippen molar-refractivity contribution >= 4 is 22.5 Å². The predicted octanol–water partition coefficient (Wildman–Crippen LogP) is 4.12. The van der Waals surface area contributed by atoms with E-state index in [1.165, 1.54) is 6.07 Å². The van der Waals surface area contributed by atoms with Crippen LogP contribution >= 0.6 is 11.6 Å². The first-order valence-electron chi connectivity index (χ1n) is 8.22. The third-order valence-electron chi connectivity index (χ3n) is 4.42. The summed E-state index contributed by atoms with van der Waals surface area (Å²) in [5.74, 6) is 0.314. The lowest BCUT2D eigenvalue weighted by Gasteiger charge is -2.23. The standard InChI is InChI=1S/C20H21ClN2O2/c1-13(11-23(2)12-14-5-3-4-6-17(14)21)15-7-9-18(24)20-16(15)8-10-19(25)22-20/h3-10,13,24H,11-12H2,1-2H3,(H,22,25)/t13-/m0/s1. The number of nitrogens with one attached hydrogen (secondary N) is 1. The van der Waals surface area contributed by atoms with E-state index in [0.29, 0.717) is 5.52 Å². The highest BCUT2D eigenvalue weighted by Crippen LogP contribution is 2.30. The van der Waals surface area contributed by atoms with Gasteiger partial charge in [-0.15, -0.1) is 0 Å². The second-order valence-corrected chi connectivity index (χ2v) is 6.88. The number of pyridine rings is 1. The van der Waals surface area contributed by atoms with Crippen molar-refractivity contribution in [3.8, 4) is 5.75 Å². The Hall–Kier alpha value is -2.30. The Morgan fingerprint density at radius 3 is 2.68 bits per heavy atom. The average Bonchev–Trinajstić information content (AvgIpc) is 2.57. The fourth-order valence-corrected chi connectivity index (χ4v) is 3.43. The van der Waals surface area contributed by atoms with Gasteiger partial charge in [-0.25, -0.2) is 0 Å². The number of rotatable bonds is 5. The number of halogens is 1. The molecule has 1 heterocycles. The minimum atomic E-state index is -0.219. The molecule has 130 valence electrons. The molecular formula is C20H21ClN2O2. The Morgan fingerprint density at radius 1 is 1.16 bits per heavy atom. The summed E-state index contributed by atoms with van der Waals surface area (Å²) in [7, 11) is 2.06. The predicted molar refractivity (Wildman–Crippen MR) is 102 cm³/mol. The van der Waals surface area contributed by atoms with Gasteiger partial charge in [-0.1, -0.05) is 42.8 Å². The molecule has 0 aliphatic heterocycles. The maximum absolute atomic E-state index is 11.5. The lowest BCUT2D eigenvalue weighted by atomic mass is 9.95. The maximum Gasteiger partial charge on any atom is 0.248 e. The number of hydrogen-bond acceptors (Lipinski definition) is 3. The third kappa shape index (κ3) is 3.86. The van der Waals surface area contributed by atoms with Crippen LogP contribution in [-0.2, 0) is 6.54 Å².